The van der Waals surface area contributed by atoms with E-state index in [4.69, 9.17) is 5.73 Å². The van der Waals surface area contributed by atoms with E-state index in [0.29, 0.717) is 0 Å². The summed E-state index contributed by atoms with van der Waals surface area (Å²) in [4.78, 5) is 2.23. The Kier molecular flexibility index (Phi) is 3.53. The van der Waals surface area contributed by atoms with E-state index in [-0.39, 0.29) is 0 Å². The monoisotopic (exact) mass is 276 g/mol. The summed E-state index contributed by atoms with van der Waals surface area (Å²) in [5.41, 5.74) is 10.7. The summed E-state index contributed by atoms with van der Waals surface area (Å²) in [7, 11) is 2.10. The van der Waals surface area contributed by atoms with Crippen LogP contribution >= 0.6 is 0 Å². The molecule has 0 aliphatic rings. The van der Waals surface area contributed by atoms with Crippen LogP contribution in [0, 0.1) is 6.92 Å². The lowest BCUT2D eigenvalue weighted by Crippen LogP contribution is -2.17. The zero-order chi connectivity index (χ0) is 14.8. The summed E-state index contributed by atoms with van der Waals surface area (Å²) in [6.45, 7) is 2.92. The van der Waals surface area contributed by atoms with Gasteiger partial charge in [-0.1, -0.05) is 36.4 Å². The highest BCUT2D eigenvalue weighted by atomic mass is 15.1. The molecule has 0 fully saturated rings. The molecule has 3 rings (SSSR count). The molecule has 0 heterocycles. The third kappa shape index (κ3) is 2.84. The van der Waals surface area contributed by atoms with Crippen LogP contribution in [0.3, 0.4) is 0 Å². The van der Waals surface area contributed by atoms with E-state index in [0.717, 1.165) is 17.8 Å². The van der Waals surface area contributed by atoms with Gasteiger partial charge in [0, 0.05) is 25.0 Å². The van der Waals surface area contributed by atoms with Crippen molar-refractivity contribution in [3.05, 3.63) is 71.8 Å². The fraction of sp³-hybridized carbons (Fsp3) is 0.158. The van der Waals surface area contributed by atoms with E-state index in [1.54, 1.807) is 0 Å². The number of rotatable bonds is 3. The van der Waals surface area contributed by atoms with Crippen molar-refractivity contribution in [1.82, 2.24) is 0 Å². The zero-order valence-electron chi connectivity index (χ0n) is 12.5. The van der Waals surface area contributed by atoms with E-state index in [9.17, 15) is 0 Å². The Balaban J connectivity index is 1.92. The summed E-state index contributed by atoms with van der Waals surface area (Å²) in [6.07, 6.45) is 0. The Morgan fingerprint density at radius 1 is 0.905 bits per heavy atom. The lowest BCUT2D eigenvalue weighted by molar-refractivity contribution is 0.926. The van der Waals surface area contributed by atoms with Crippen LogP contribution in [0.4, 0.5) is 11.4 Å². The first-order valence-corrected chi connectivity index (χ1v) is 7.18. The smallest absolute Gasteiger partial charge is 0.0446 e. The van der Waals surface area contributed by atoms with Crippen LogP contribution in [0.15, 0.2) is 60.7 Å². The van der Waals surface area contributed by atoms with Gasteiger partial charge in [0.15, 0.2) is 0 Å². The first-order valence-electron chi connectivity index (χ1n) is 7.18. The van der Waals surface area contributed by atoms with Gasteiger partial charge in [0.05, 0.1) is 0 Å². The van der Waals surface area contributed by atoms with Crippen LogP contribution in [-0.4, -0.2) is 7.05 Å². The maximum Gasteiger partial charge on any atom is 0.0446 e. The number of hydrogen-bond donors (Lipinski definition) is 1. The van der Waals surface area contributed by atoms with Gasteiger partial charge in [0.2, 0.25) is 0 Å². The van der Waals surface area contributed by atoms with E-state index in [2.05, 4.69) is 73.5 Å². The second kappa shape index (κ2) is 5.49. The summed E-state index contributed by atoms with van der Waals surface area (Å²) in [5, 5.41) is 2.43. The molecule has 3 aromatic carbocycles. The Hall–Kier alpha value is -2.48. The molecule has 0 aliphatic heterocycles. The number of aryl methyl sites for hydroxylation is 1. The lowest BCUT2D eigenvalue weighted by atomic mass is 10.0. The molecule has 21 heavy (non-hydrogen) atoms. The minimum Gasteiger partial charge on any atom is -0.398 e. The first-order chi connectivity index (χ1) is 10.1. The van der Waals surface area contributed by atoms with Gasteiger partial charge in [-0.25, -0.2) is 0 Å². The molecule has 2 heteroatoms. The van der Waals surface area contributed by atoms with Crippen LogP contribution in [-0.2, 0) is 6.54 Å². The minimum absolute atomic E-state index is 0.806. The molecule has 0 aliphatic carbocycles. The second-order valence-corrected chi connectivity index (χ2v) is 5.59. The van der Waals surface area contributed by atoms with Crippen molar-refractivity contribution in [3.8, 4) is 0 Å². The summed E-state index contributed by atoms with van der Waals surface area (Å²) >= 11 is 0. The van der Waals surface area contributed by atoms with Gasteiger partial charge >= 0.3 is 0 Å². The Bertz CT molecular complexity index is 777. The number of nitrogens with two attached hydrogens (primary N) is 1. The van der Waals surface area contributed by atoms with Crippen molar-refractivity contribution in [2.24, 2.45) is 0 Å². The molecule has 0 saturated heterocycles. The second-order valence-electron chi connectivity index (χ2n) is 5.59. The first kappa shape index (κ1) is 13.5. The summed E-state index contributed by atoms with van der Waals surface area (Å²) < 4.78 is 0. The summed E-state index contributed by atoms with van der Waals surface area (Å²) in [5.74, 6) is 0. The number of hydrogen-bond acceptors (Lipinski definition) is 2. The molecule has 0 spiro atoms. The number of nitrogens with zero attached hydrogens (tertiary/aromatic N) is 1. The molecular weight excluding hydrogens is 256 g/mol. The van der Waals surface area contributed by atoms with Crippen molar-refractivity contribution in [2.75, 3.05) is 17.7 Å². The molecule has 0 saturated carbocycles. The van der Waals surface area contributed by atoms with E-state index in [1.807, 2.05) is 6.07 Å². The third-order valence-corrected chi connectivity index (χ3v) is 3.86. The zero-order valence-corrected chi connectivity index (χ0v) is 12.5. The fourth-order valence-corrected chi connectivity index (χ4v) is 2.65. The molecule has 2 nitrogen and oxygen atoms in total. The van der Waals surface area contributed by atoms with Crippen LogP contribution in [0.5, 0.6) is 0 Å². The molecule has 0 amide bonds. The van der Waals surface area contributed by atoms with Gasteiger partial charge in [-0.05, 0) is 53.1 Å². The normalized spacial score (nSPS) is 10.8. The van der Waals surface area contributed by atoms with Gasteiger partial charge in [-0.15, -0.1) is 0 Å². The minimum atomic E-state index is 0.806. The third-order valence-electron chi connectivity index (χ3n) is 3.86. The molecular formula is C19H20N2. The highest BCUT2D eigenvalue weighted by Crippen LogP contribution is 2.24. The Morgan fingerprint density at radius 2 is 1.62 bits per heavy atom. The molecule has 0 bridgehead atoms. The largest absolute Gasteiger partial charge is 0.398 e. The van der Waals surface area contributed by atoms with Crippen molar-refractivity contribution < 1.29 is 0 Å². The van der Waals surface area contributed by atoms with Crippen LogP contribution < -0.4 is 10.6 Å². The topological polar surface area (TPSA) is 29.3 Å². The molecule has 106 valence electrons. The predicted molar refractivity (Wildman–Crippen MR) is 91.6 cm³/mol. The highest BCUT2D eigenvalue weighted by Gasteiger charge is 2.07. The van der Waals surface area contributed by atoms with Crippen LogP contribution in [0.2, 0.25) is 0 Å². The van der Waals surface area contributed by atoms with Gasteiger partial charge in [-0.2, -0.15) is 0 Å². The van der Waals surface area contributed by atoms with E-state index >= 15 is 0 Å². The number of benzene rings is 3. The summed E-state index contributed by atoms with van der Waals surface area (Å²) in [6, 6.07) is 21.1. The van der Waals surface area contributed by atoms with Crippen molar-refractivity contribution in [2.45, 2.75) is 13.5 Å². The van der Waals surface area contributed by atoms with Crippen LogP contribution in [0.1, 0.15) is 11.1 Å². The van der Waals surface area contributed by atoms with E-state index in [1.165, 1.54) is 22.0 Å². The molecule has 2 N–H and O–H groups in total. The van der Waals surface area contributed by atoms with Gasteiger partial charge in [0.25, 0.3) is 0 Å². The molecule has 0 unspecified atom stereocenters. The lowest BCUT2D eigenvalue weighted by Gasteiger charge is -2.21. The maximum atomic E-state index is 6.22. The number of anilines is 2. The van der Waals surface area contributed by atoms with Crippen molar-refractivity contribution >= 4 is 22.1 Å². The number of fused-ring (bicyclic) bond motifs is 1. The van der Waals surface area contributed by atoms with Gasteiger partial charge in [-0.3, -0.25) is 0 Å². The fourth-order valence-electron chi connectivity index (χ4n) is 2.65. The van der Waals surface area contributed by atoms with Gasteiger partial charge < -0.3 is 10.6 Å². The van der Waals surface area contributed by atoms with Crippen molar-refractivity contribution in [1.29, 1.82) is 0 Å². The standard InChI is InChI=1S/C19H20N2/c1-14-6-5-9-18(10-14)21(2)13-17-11-15-7-3-4-8-16(15)12-19(17)20/h3-12H,13,20H2,1-2H3. The van der Waals surface area contributed by atoms with Gasteiger partial charge in [0.1, 0.15) is 0 Å². The van der Waals surface area contributed by atoms with Crippen LogP contribution in [0.25, 0.3) is 10.8 Å². The highest BCUT2D eigenvalue weighted by molar-refractivity contribution is 5.86. The molecule has 3 aromatic rings. The average molecular weight is 276 g/mol. The van der Waals surface area contributed by atoms with E-state index < -0.39 is 0 Å². The predicted octanol–water partition coefficient (Wildman–Crippen LogP) is 4.37. The Morgan fingerprint density at radius 3 is 2.33 bits per heavy atom. The number of nitrogen functional groups attached to an aromatic ring is 1. The Labute approximate surface area is 125 Å². The molecule has 0 aromatic heterocycles. The SMILES string of the molecule is Cc1cccc(N(C)Cc2cc3ccccc3cc2N)c1. The maximum absolute atomic E-state index is 6.22. The molecule has 0 atom stereocenters. The molecule has 0 radical (unpaired) electrons. The average Bonchev–Trinajstić information content (AvgIpc) is 2.48. The quantitative estimate of drug-likeness (QED) is 0.720. The van der Waals surface area contributed by atoms with Crippen molar-refractivity contribution in [3.63, 3.8) is 0 Å².